The van der Waals surface area contributed by atoms with Crippen molar-refractivity contribution in [2.45, 2.75) is 89.6 Å². The molecule has 58 heavy (non-hydrogen) atoms. The van der Waals surface area contributed by atoms with Crippen LogP contribution in [0.3, 0.4) is 0 Å². The van der Waals surface area contributed by atoms with E-state index in [-0.39, 0.29) is 29.4 Å². The predicted octanol–water partition coefficient (Wildman–Crippen LogP) is 5.16. The number of carbonyl (C=O) groups is 6. The number of benzene rings is 3. The summed E-state index contributed by atoms with van der Waals surface area (Å²) in [6.07, 6.45) is 1.61. The number of hydrogen-bond donors (Lipinski definition) is 4. The van der Waals surface area contributed by atoms with Crippen LogP contribution in [-0.4, -0.2) is 97.1 Å². The van der Waals surface area contributed by atoms with Crippen molar-refractivity contribution >= 4 is 52.9 Å². The van der Waals surface area contributed by atoms with E-state index in [0.717, 1.165) is 16.8 Å². The van der Waals surface area contributed by atoms with Gasteiger partial charge >= 0.3 is 12.2 Å². The second-order valence-corrected chi connectivity index (χ2v) is 14.3. The van der Waals surface area contributed by atoms with E-state index in [4.69, 9.17) is 0 Å². The van der Waals surface area contributed by atoms with Crippen LogP contribution >= 0.6 is 0 Å². The van der Waals surface area contributed by atoms with E-state index in [1.807, 2.05) is 24.3 Å². The Labute approximate surface area is 337 Å². The van der Waals surface area contributed by atoms with Crippen molar-refractivity contribution in [2.24, 2.45) is 0 Å². The highest BCUT2D eigenvalue weighted by molar-refractivity contribution is 5.99. The van der Waals surface area contributed by atoms with Gasteiger partial charge in [0.1, 0.15) is 30.0 Å². The Morgan fingerprint density at radius 1 is 0.655 bits per heavy atom. The summed E-state index contributed by atoms with van der Waals surface area (Å²) in [6, 6.07) is 18.0. The number of rotatable bonds is 15. The van der Waals surface area contributed by atoms with Crippen LogP contribution in [0, 0.1) is 5.82 Å². The van der Waals surface area contributed by atoms with E-state index >= 15 is 0 Å². The number of methoxy groups -OCH3 is 2. The van der Waals surface area contributed by atoms with Gasteiger partial charge in [-0.25, -0.2) is 14.0 Å². The highest BCUT2D eigenvalue weighted by atomic mass is 19.1. The zero-order chi connectivity index (χ0) is 41.8. The quantitative estimate of drug-likeness (QED) is 0.162. The van der Waals surface area contributed by atoms with E-state index in [0.29, 0.717) is 76.1 Å². The monoisotopic (exact) mass is 801 g/mol. The first-order chi connectivity index (χ1) is 27.9. The fraction of sp³-hybridized carbons (Fsp3) is 0.429. The number of halogens is 1. The van der Waals surface area contributed by atoms with Crippen LogP contribution in [0.15, 0.2) is 72.8 Å². The smallest absolute Gasteiger partial charge is 0.407 e. The van der Waals surface area contributed by atoms with Crippen molar-refractivity contribution in [1.82, 2.24) is 20.4 Å². The highest BCUT2D eigenvalue weighted by Gasteiger charge is 2.38. The molecule has 0 aromatic heterocycles. The van der Waals surface area contributed by atoms with Crippen LogP contribution < -0.4 is 26.2 Å². The normalized spacial score (nSPS) is 17.1. The molecule has 0 aliphatic carbocycles. The minimum atomic E-state index is -0.798. The van der Waals surface area contributed by atoms with Crippen LogP contribution in [0.4, 0.5) is 31.0 Å². The molecule has 5 rings (SSSR count). The molecule has 1 unspecified atom stereocenters. The molecule has 2 aliphatic rings. The van der Waals surface area contributed by atoms with Gasteiger partial charge in [0.2, 0.25) is 23.6 Å². The largest absolute Gasteiger partial charge is 0.453 e. The number of likely N-dealkylation sites (tertiary alicyclic amines) is 2. The van der Waals surface area contributed by atoms with Gasteiger partial charge < -0.3 is 45.4 Å². The molecule has 0 bridgehead atoms. The Kier molecular flexibility index (Phi) is 15.0. The van der Waals surface area contributed by atoms with Gasteiger partial charge in [-0.3, -0.25) is 19.2 Å². The summed E-state index contributed by atoms with van der Waals surface area (Å²) in [4.78, 5) is 81.8. The molecule has 15 nitrogen and oxygen atoms in total. The number of nitrogens with one attached hydrogen (secondary N) is 4. The molecule has 16 heteroatoms. The van der Waals surface area contributed by atoms with Crippen LogP contribution in [-0.2, 0) is 41.7 Å². The second kappa shape index (κ2) is 20.3. The third-order valence-electron chi connectivity index (χ3n) is 10.4. The molecule has 2 aliphatic heterocycles. The Morgan fingerprint density at radius 2 is 1.05 bits per heavy atom. The van der Waals surface area contributed by atoms with E-state index in [2.05, 4.69) is 35.6 Å². The molecule has 3 aromatic carbocycles. The Hall–Kier alpha value is -6.19. The van der Waals surface area contributed by atoms with Gasteiger partial charge in [-0.2, -0.15) is 0 Å². The molecule has 2 heterocycles. The average Bonchev–Trinajstić information content (AvgIpc) is 3.94. The average molecular weight is 802 g/mol. The van der Waals surface area contributed by atoms with Gasteiger partial charge in [0.25, 0.3) is 0 Å². The maximum absolute atomic E-state index is 13.9. The lowest BCUT2D eigenvalue weighted by molar-refractivity contribution is -0.138. The third-order valence-corrected chi connectivity index (χ3v) is 10.4. The van der Waals surface area contributed by atoms with Crippen molar-refractivity contribution < 1.29 is 42.6 Å². The summed E-state index contributed by atoms with van der Waals surface area (Å²) in [6.45, 7) is 5.26. The van der Waals surface area contributed by atoms with Gasteiger partial charge in [0.15, 0.2) is 0 Å². The first-order valence-electron chi connectivity index (χ1n) is 19.5. The molecule has 4 atom stereocenters. The zero-order valence-corrected chi connectivity index (χ0v) is 33.3. The van der Waals surface area contributed by atoms with Gasteiger partial charge in [0, 0.05) is 43.2 Å². The van der Waals surface area contributed by atoms with E-state index in [1.54, 1.807) is 50.2 Å². The minimum Gasteiger partial charge on any atom is -0.453 e. The highest BCUT2D eigenvalue weighted by Crippen LogP contribution is 2.25. The molecular weight excluding hydrogens is 750 g/mol. The van der Waals surface area contributed by atoms with Gasteiger partial charge in [-0.15, -0.1) is 0 Å². The Morgan fingerprint density at radius 3 is 1.41 bits per heavy atom. The number of anilines is 3. The number of amides is 6. The molecule has 0 radical (unpaired) electrons. The molecule has 4 N–H and O–H groups in total. The Bertz CT molecular complexity index is 1800. The summed E-state index contributed by atoms with van der Waals surface area (Å²) in [5.41, 5.74) is 3.75. The molecular formula is C42H52FN7O8. The lowest BCUT2D eigenvalue weighted by Crippen LogP contribution is -2.52. The molecule has 2 saturated heterocycles. The maximum atomic E-state index is 13.9. The third kappa shape index (κ3) is 11.0. The maximum Gasteiger partial charge on any atom is 0.407 e. The van der Waals surface area contributed by atoms with Crippen LogP contribution in [0.5, 0.6) is 0 Å². The molecule has 310 valence electrons. The first-order valence-corrected chi connectivity index (χ1v) is 19.5. The molecule has 0 spiro atoms. The fourth-order valence-electron chi connectivity index (χ4n) is 7.25. The molecule has 6 amide bonds. The summed E-state index contributed by atoms with van der Waals surface area (Å²) in [7, 11) is 2.45. The van der Waals surface area contributed by atoms with Crippen molar-refractivity contribution in [3.05, 3.63) is 89.7 Å². The van der Waals surface area contributed by atoms with E-state index in [9.17, 15) is 33.2 Å². The van der Waals surface area contributed by atoms with Gasteiger partial charge in [-0.05, 0) is 98.2 Å². The first kappa shape index (κ1) is 42.9. The molecule has 0 saturated carbocycles. The van der Waals surface area contributed by atoms with Crippen LogP contribution in [0.25, 0.3) is 0 Å². The van der Waals surface area contributed by atoms with Crippen molar-refractivity contribution in [3.63, 3.8) is 0 Å². The van der Waals surface area contributed by atoms with Crippen molar-refractivity contribution in [1.29, 1.82) is 0 Å². The fourth-order valence-corrected chi connectivity index (χ4v) is 7.25. The number of ether oxygens (including phenoxy) is 2. The second-order valence-electron chi connectivity index (χ2n) is 14.3. The van der Waals surface area contributed by atoms with Gasteiger partial charge in [-0.1, -0.05) is 38.1 Å². The number of hydrogen-bond acceptors (Lipinski definition) is 9. The SMILES string of the molecule is CC[C@H](NC(=O)OC)C(=O)N1CCCC1C(=O)Nc1ccc(CN(Cc2ccc(NC(=O)[C@@H]3CCCN3C(=O)[C@H](CC)NC(=O)OC)cc2)c2ccc(F)cc2)cc1. The predicted molar refractivity (Wildman–Crippen MR) is 215 cm³/mol. The van der Waals surface area contributed by atoms with Crippen LogP contribution in [0.2, 0.25) is 0 Å². The topological polar surface area (TPSA) is 179 Å². The van der Waals surface area contributed by atoms with Crippen molar-refractivity contribution in [3.8, 4) is 0 Å². The molecule has 3 aromatic rings. The zero-order valence-electron chi connectivity index (χ0n) is 33.3. The Balaban J connectivity index is 1.21. The van der Waals surface area contributed by atoms with E-state index < -0.39 is 36.4 Å². The van der Waals surface area contributed by atoms with Crippen molar-refractivity contribution in [2.75, 3.05) is 42.8 Å². The summed E-state index contributed by atoms with van der Waals surface area (Å²) in [5, 5.41) is 10.9. The van der Waals surface area contributed by atoms with Gasteiger partial charge in [0.05, 0.1) is 14.2 Å². The van der Waals surface area contributed by atoms with E-state index in [1.165, 1.54) is 36.2 Å². The lowest BCUT2D eigenvalue weighted by atomic mass is 10.1. The lowest BCUT2D eigenvalue weighted by Gasteiger charge is -2.28. The standard InChI is InChI=1S/C42H52FN7O8/c1-5-33(46-41(55)57-3)39(53)49-23-7-9-35(49)37(51)44-30-17-11-27(12-18-30)25-48(32-21-15-29(43)16-22-32)26-28-13-19-31(20-14-28)45-38(52)36-10-8-24-50(36)40(54)34(6-2)47-42(56)58-4/h11-22,33-36H,5-10,23-26H2,1-4H3,(H,44,51)(H,45,52)(H,46,55)(H,47,56)/t33-,34-,35-,36?/m0/s1. The summed E-state index contributed by atoms with van der Waals surface area (Å²) < 4.78 is 23.2. The molecule has 2 fully saturated rings. The number of carbonyl (C=O) groups excluding carboxylic acids is 6. The number of alkyl carbamates (subject to hydrolysis) is 2. The summed E-state index contributed by atoms with van der Waals surface area (Å²) >= 11 is 0. The summed E-state index contributed by atoms with van der Waals surface area (Å²) in [5.74, 6) is -1.65. The minimum absolute atomic E-state index is 0.314. The number of nitrogens with zero attached hydrogens (tertiary/aromatic N) is 3. The van der Waals surface area contributed by atoms with Crippen LogP contribution in [0.1, 0.15) is 63.5 Å².